The Morgan fingerprint density at radius 3 is 2.65 bits per heavy atom. The molecule has 0 aromatic heterocycles. The second-order valence-electron chi connectivity index (χ2n) is 5.69. The summed E-state index contributed by atoms with van der Waals surface area (Å²) in [6.07, 6.45) is 3.39. The molecule has 3 atom stereocenters. The number of carbonyl (C=O) groups excluding carboxylic acids is 1. The van der Waals surface area contributed by atoms with Crippen molar-refractivity contribution in [2.24, 2.45) is 16.8 Å². The van der Waals surface area contributed by atoms with Gasteiger partial charge in [0.25, 0.3) is 0 Å². The molecular formula is C15H19N3O2. The van der Waals surface area contributed by atoms with Gasteiger partial charge in [-0.05, 0) is 30.7 Å². The van der Waals surface area contributed by atoms with Crippen LogP contribution >= 0.6 is 0 Å². The van der Waals surface area contributed by atoms with Crippen LogP contribution in [0.25, 0.3) is 0 Å². The Hall–Kier alpha value is -2.04. The van der Waals surface area contributed by atoms with Crippen LogP contribution in [-0.2, 0) is 4.79 Å². The van der Waals surface area contributed by atoms with E-state index in [4.69, 9.17) is 10.9 Å². The third-order valence-electron chi connectivity index (χ3n) is 4.48. The number of likely N-dealkylation sites (tertiary alicyclic amines) is 1. The maximum atomic E-state index is 12.8. The number of hydrogen-bond donors (Lipinski definition) is 2. The van der Waals surface area contributed by atoms with Crippen molar-refractivity contribution in [3.05, 3.63) is 35.9 Å². The molecule has 5 heteroatoms. The van der Waals surface area contributed by atoms with E-state index in [9.17, 15) is 4.79 Å². The first-order valence-electron chi connectivity index (χ1n) is 7.03. The standard InChI is InChI=1S/C15H19N3O2/c16-14(17-20)13(11-4-2-1-3-5-11)15(19)18-9-10-6-7-12(18)8-10/h1-5,10,12-13,20H,6-9H2,(H2,16,17). The predicted molar refractivity (Wildman–Crippen MR) is 75.4 cm³/mol. The molecule has 1 heterocycles. The van der Waals surface area contributed by atoms with Gasteiger partial charge >= 0.3 is 0 Å². The fourth-order valence-corrected chi connectivity index (χ4v) is 3.50. The number of amides is 1. The van der Waals surface area contributed by atoms with Crippen LogP contribution in [0.15, 0.2) is 35.5 Å². The molecule has 3 unspecified atom stereocenters. The van der Waals surface area contributed by atoms with E-state index in [-0.39, 0.29) is 11.7 Å². The number of nitrogens with zero attached hydrogens (tertiary/aromatic N) is 2. The lowest BCUT2D eigenvalue weighted by Gasteiger charge is -2.30. The summed E-state index contributed by atoms with van der Waals surface area (Å²) < 4.78 is 0. The molecule has 0 spiro atoms. The van der Waals surface area contributed by atoms with Gasteiger partial charge in [0.05, 0.1) is 0 Å². The van der Waals surface area contributed by atoms with E-state index in [2.05, 4.69) is 5.16 Å². The monoisotopic (exact) mass is 273 g/mol. The van der Waals surface area contributed by atoms with Gasteiger partial charge in [-0.2, -0.15) is 0 Å². The summed E-state index contributed by atoms with van der Waals surface area (Å²) in [5.41, 5.74) is 6.54. The van der Waals surface area contributed by atoms with Gasteiger partial charge in [0.15, 0.2) is 5.84 Å². The number of benzene rings is 1. The molecule has 2 aliphatic rings. The van der Waals surface area contributed by atoms with Crippen LogP contribution in [0.1, 0.15) is 30.7 Å². The minimum absolute atomic E-state index is 0.0380. The largest absolute Gasteiger partial charge is 0.409 e. The maximum Gasteiger partial charge on any atom is 0.238 e. The summed E-state index contributed by atoms with van der Waals surface area (Å²) in [4.78, 5) is 14.7. The van der Waals surface area contributed by atoms with Crippen molar-refractivity contribution >= 4 is 11.7 Å². The van der Waals surface area contributed by atoms with Gasteiger partial charge in [0, 0.05) is 12.6 Å². The fourth-order valence-electron chi connectivity index (χ4n) is 3.50. The normalized spacial score (nSPS) is 26.8. The lowest BCUT2D eigenvalue weighted by molar-refractivity contribution is -0.132. The Morgan fingerprint density at radius 2 is 2.10 bits per heavy atom. The molecule has 106 valence electrons. The van der Waals surface area contributed by atoms with E-state index in [0.29, 0.717) is 12.0 Å². The number of carbonyl (C=O) groups is 1. The Labute approximate surface area is 118 Å². The van der Waals surface area contributed by atoms with Crippen LogP contribution in [-0.4, -0.2) is 34.4 Å². The zero-order valence-corrected chi connectivity index (χ0v) is 11.3. The summed E-state index contributed by atoms with van der Waals surface area (Å²) in [5.74, 6) is -0.129. The second-order valence-corrected chi connectivity index (χ2v) is 5.69. The van der Waals surface area contributed by atoms with Crippen molar-refractivity contribution in [2.75, 3.05) is 6.54 Å². The van der Waals surface area contributed by atoms with Crippen LogP contribution in [0.5, 0.6) is 0 Å². The van der Waals surface area contributed by atoms with Crippen LogP contribution in [0, 0.1) is 5.92 Å². The zero-order valence-electron chi connectivity index (χ0n) is 11.3. The Balaban J connectivity index is 1.88. The molecule has 1 aliphatic carbocycles. The van der Waals surface area contributed by atoms with E-state index >= 15 is 0 Å². The highest BCUT2D eigenvalue weighted by molar-refractivity contribution is 6.07. The Morgan fingerprint density at radius 1 is 1.35 bits per heavy atom. The molecule has 20 heavy (non-hydrogen) atoms. The Bertz CT molecular complexity index is 529. The molecule has 3 N–H and O–H groups in total. The van der Waals surface area contributed by atoms with E-state index in [1.54, 1.807) is 0 Å². The number of rotatable bonds is 3. The lowest BCUT2D eigenvalue weighted by Crippen LogP contribution is -2.44. The molecule has 1 aromatic carbocycles. The minimum atomic E-state index is -0.680. The van der Waals surface area contributed by atoms with Crippen LogP contribution < -0.4 is 5.73 Å². The van der Waals surface area contributed by atoms with Gasteiger partial charge in [0.1, 0.15) is 5.92 Å². The summed E-state index contributed by atoms with van der Waals surface area (Å²) in [6.45, 7) is 0.811. The number of amidine groups is 1. The summed E-state index contributed by atoms with van der Waals surface area (Å²) >= 11 is 0. The summed E-state index contributed by atoms with van der Waals surface area (Å²) in [5, 5.41) is 12.0. The van der Waals surface area contributed by atoms with Gasteiger partial charge < -0.3 is 15.8 Å². The number of fused-ring (bicyclic) bond motifs is 2. The molecule has 1 amide bonds. The van der Waals surface area contributed by atoms with E-state index in [1.165, 1.54) is 6.42 Å². The van der Waals surface area contributed by atoms with E-state index in [1.807, 2.05) is 35.2 Å². The molecule has 1 saturated carbocycles. The van der Waals surface area contributed by atoms with Gasteiger partial charge in [-0.3, -0.25) is 4.79 Å². The van der Waals surface area contributed by atoms with Crippen molar-refractivity contribution < 1.29 is 10.0 Å². The smallest absolute Gasteiger partial charge is 0.238 e. The average molecular weight is 273 g/mol. The zero-order chi connectivity index (χ0) is 14.1. The highest BCUT2D eigenvalue weighted by Gasteiger charge is 2.43. The number of hydrogen-bond acceptors (Lipinski definition) is 3. The molecule has 0 radical (unpaired) electrons. The first-order chi connectivity index (χ1) is 9.70. The molecule has 2 fully saturated rings. The van der Waals surface area contributed by atoms with Crippen molar-refractivity contribution in [3.63, 3.8) is 0 Å². The van der Waals surface area contributed by atoms with Gasteiger partial charge in [-0.25, -0.2) is 0 Å². The SMILES string of the molecule is NC(=NO)C(C(=O)N1CC2CCC1C2)c1ccccc1. The topological polar surface area (TPSA) is 78.9 Å². The highest BCUT2D eigenvalue weighted by atomic mass is 16.4. The van der Waals surface area contributed by atoms with Gasteiger partial charge in [-0.15, -0.1) is 0 Å². The minimum Gasteiger partial charge on any atom is -0.409 e. The van der Waals surface area contributed by atoms with Crippen molar-refractivity contribution in [1.82, 2.24) is 4.90 Å². The van der Waals surface area contributed by atoms with Crippen LogP contribution in [0.4, 0.5) is 0 Å². The van der Waals surface area contributed by atoms with Gasteiger partial charge in [0.2, 0.25) is 5.91 Å². The first-order valence-corrected chi connectivity index (χ1v) is 7.03. The number of oxime groups is 1. The third kappa shape index (κ3) is 2.13. The fraction of sp³-hybridized carbons (Fsp3) is 0.467. The molecule has 1 aliphatic heterocycles. The number of nitrogens with two attached hydrogens (primary N) is 1. The quantitative estimate of drug-likeness (QED) is 0.379. The lowest BCUT2D eigenvalue weighted by atomic mass is 9.95. The number of piperidine rings is 1. The van der Waals surface area contributed by atoms with Gasteiger partial charge in [-0.1, -0.05) is 35.5 Å². The molecule has 5 nitrogen and oxygen atoms in total. The van der Waals surface area contributed by atoms with Crippen LogP contribution in [0.2, 0.25) is 0 Å². The van der Waals surface area contributed by atoms with Crippen LogP contribution in [0.3, 0.4) is 0 Å². The Kier molecular flexibility index (Phi) is 3.34. The highest BCUT2D eigenvalue weighted by Crippen LogP contribution is 2.39. The summed E-state index contributed by atoms with van der Waals surface area (Å²) in [7, 11) is 0. The predicted octanol–water partition coefficient (Wildman–Crippen LogP) is 1.53. The molecule has 2 bridgehead atoms. The molecular weight excluding hydrogens is 254 g/mol. The average Bonchev–Trinajstić information content (AvgIpc) is 3.11. The molecule has 3 rings (SSSR count). The third-order valence-corrected chi connectivity index (χ3v) is 4.48. The van der Waals surface area contributed by atoms with Crippen molar-refractivity contribution in [2.45, 2.75) is 31.2 Å². The van der Waals surface area contributed by atoms with Crippen molar-refractivity contribution in [3.8, 4) is 0 Å². The maximum absolute atomic E-state index is 12.8. The summed E-state index contributed by atoms with van der Waals surface area (Å²) in [6, 6.07) is 9.62. The first kappa shape index (κ1) is 13.0. The van der Waals surface area contributed by atoms with E-state index in [0.717, 1.165) is 24.9 Å². The second kappa shape index (κ2) is 5.15. The molecule has 1 saturated heterocycles. The molecule has 1 aromatic rings. The van der Waals surface area contributed by atoms with E-state index < -0.39 is 5.92 Å². The van der Waals surface area contributed by atoms with Crippen molar-refractivity contribution in [1.29, 1.82) is 0 Å².